The van der Waals surface area contributed by atoms with Crippen LogP contribution in [-0.2, 0) is 25.8 Å². The molecule has 23 heavy (non-hydrogen) atoms. The van der Waals surface area contributed by atoms with Gasteiger partial charge in [0, 0.05) is 5.69 Å². The molecular weight excluding hydrogens is 338 g/mol. The van der Waals surface area contributed by atoms with Crippen molar-refractivity contribution < 1.29 is 16.8 Å². The van der Waals surface area contributed by atoms with Gasteiger partial charge in [-0.05, 0) is 35.9 Å². The zero-order valence-corrected chi connectivity index (χ0v) is 13.4. The first kappa shape index (κ1) is 17.0. The minimum absolute atomic E-state index is 0.115. The van der Waals surface area contributed by atoms with E-state index < -0.39 is 20.0 Å². The van der Waals surface area contributed by atoms with Gasteiger partial charge in [-0.15, -0.1) is 0 Å². The first-order valence-corrected chi connectivity index (χ1v) is 9.52. The molecule has 0 radical (unpaired) electrons. The zero-order chi connectivity index (χ0) is 17.1. The molecule has 0 aliphatic rings. The SMILES string of the molecule is N#Cc1ccccc1CS(=O)(=O)Nc1ccc(S(N)(=O)=O)cc1. The Bertz CT molecular complexity index is 960. The van der Waals surface area contributed by atoms with Crippen molar-refractivity contribution in [3.8, 4) is 6.07 Å². The average molecular weight is 351 g/mol. The van der Waals surface area contributed by atoms with Crippen molar-refractivity contribution in [2.24, 2.45) is 5.14 Å². The highest BCUT2D eigenvalue weighted by atomic mass is 32.2. The predicted octanol–water partition coefficient (Wildman–Crippen LogP) is 1.15. The molecule has 0 atom stereocenters. The van der Waals surface area contributed by atoms with E-state index in [0.29, 0.717) is 5.56 Å². The van der Waals surface area contributed by atoms with Gasteiger partial charge in [0.2, 0.25) is 20.0 Å². The van der Waals surface area contributed by atoms with E-state index in [2.05, 4.69) is 4.72 Å². The molecule has 0 saturated heterocycles. The van der Waals surface area contributed by atoms with Crippen molar-refractivity contribution in [2.75, 3.05) is 4.72 Å². The fraction of sp³-hybridized carbons (Fsp3) is 0.0714. The maximum absolute atomic E-state index is 12.2. The molecule has 2 aromatic carbocycles. The van der Waals surface area contributed by atoms with Gasteiger partial charge < -0.3 is 0 Å². The minimum atomic E-state index is -3.83. The van der Waals surface area contributed by atoms with E-state index in [9.17, 15) is 16.8 Å². The van der Waals surface area contributed by atoms with Gasteiger partial charge in [-0.25, -0.2) is 22.0 Å². The summed E-state index contributed by atoms with van der Waals surface area (Å²) in [4.78, 5) is -0.115. The normalized spacial score (nSPS) is 11.7. The Balaban J connectivity index is 2.20. The summed E-state index contributed by atoms with van der Waals surface area (Å²) in [6.07, 6.45) is 0. The number of nitrogens with one attached hydrogen (secondary N) is 1. The van der Waals surface area contributed by atoms with Crippen LogP contribution in [0.3, 0.4) is 0 Å². The number of anilines is 1. The lowest BCUT2D eigenvalue weighted by Crippen LogP contribution is -2.16. The van der Waals surface area contributed by atoms with Gasteiger partial charge in [0.05, 0.1) is 22.3 Å². The van der Waals surface area contributed by atoms with Crippen molar-refractivity contribution in [2.45, 2.75) is 10.6 Å². The minimum Gasteiger partial charge on any atom is -0.283 e. The lowest BCUT2D eigenvalue weighted by Gasteiger charge is -2.09. The standard InChI is InChI=1S/C14H13N3O4S2/c15-9-11-3-1-2-4-12(11)10-22(18,19)17-13-5-7-14(8-6-13)23(16,20)21/h1-8,17H,10H2,(H2,16,20,21). The number of nitrogens with zero attached hydrogens (tertiary/aromatic N) is 1. The van der Waals surface area contributed by atoms with E-state index in [1.807, 2.05) is 6.07 Å². The summed E-state index contributed by atoms with van der Waals surface area (Å²) in [6.45, 7) is 0. The van der Waals surface area contributed by atoms with Crippen LogP contribution >= 0.6 is 0 Å². The van der Waals surface area contributed by atoms with Crippen LogP contribution in [0.4, 0.5) is 5.69 Å². The molecule has 0 fully saturated rings. The molecular formula is C14H13N3O4S2. The molecule has 120 valence electrons. The monoisotopic (exact) mass is 351 g/mol. The van der Waals surface area contributed by atoms with Crippen molar-refractivity contribution in [3.05, 3.63) is 59.7 Å². The summed E-state index contributed by atoms with van der Waals surface area (Å²) < 4.78 is 48.9. The maximum Gasteiger partial charge on any atom is 0.238 e. The van der Waals surface area contributed by atoms with Gasteiger partial charge in [-0.1, -0.05) is 18.2 Å². The molecule has 7 nitrogen and oxygen atoms in total. The summed E-state index contributed by atoms with van der Waals surface area (Å²) in [5.74, 6) is -0.367. The van der Waals surface area contributed by atoms with E-state index in [-0.39, 0.29) is 21.9 Å². The quantitative estimate of drug-likeness (QED) is 0.834. The molecule has 3 N–H and O–H groups in total. The van der Waals surface area contributed by atoms with Crippen LogP contribution in [0.25, 0.3) is 0 Å². The second-order valence-electron chi connectivity index (χ2n) is 4.70. The molecule has 0 aliphatic carbocycles. The van der Waals surface area contributed by atoms with Crippen LogP contribution < -0.4 is 9.86 Å². The number of hydrogen-bond donors (Lipinski definition) is 2. The highest BCUT2D eigenvalue weighted by Crippen LogP contribution is 2.17. The molecule has 0 aromatic heterocycles. The summed E-state index contributed by atoms with van der Waals surface area (Å²) in [7, 11) is -7.58. The number of benzene rings is 2. The molecule has 0 saturated carbocycles. The Morgan fingerprint density at radius 1 is 1.00 bits per heavy atom. The Hall–Kier alpha value is -2.41. The maximum atomic E-state index is 12.2. The Morgan fingerprint density at radius 3 is 2.17 bits per heavy atom. The van der Waals surface area contributed by atoms with Crippen molar-refractivity contribution in [1.82, 2.24) is 0 Å². The molecule has 0 bridgehead atoms. The van der Waals surface area contributed by atoms with Crippen LogP contribution in [0, 0.1) is 11.3 Å². The predicted molar refractivity (Wildman–Crippen MR) is 85.2 cm³/mol. The second kappa shape index (κ2) is 6.37. The number of nitriles is 1. The fourth-order valence-corrected chi connectivity index (χ4v) is 3.63. The number of nitrogens with two attached hydrogens (primary N) is 1. The fourth-order valence-electron chi connectivity index (χ4n) is 1.89. The first-order valence-electron chi connectivity index (χ1n) is 6.33. The van der Waals surface area contributed by atoms with Crippen molar-refractivity contribution >= 4 is 25.7 Å². The van der Waals surface area contributed by atoms with Gasteiger partial charge in [-0.2, -0.15) is 5.26 Å². The van der Waals surface area contributed by atoms with Crippen LogP contribution in [0.5, 0.6) is 0 Å². The van der Waals surface area contributed by atoms with Gasteiger partial charge >= 0.3 is 0 Å². The summed E-state index contributed by atoms with van der Waals surface area (Å²) in [6, 6.07) is 13.3. The van der Waals surface area contributed by atoms with Crippen LogP contribution in [0.1, 0.15) is 11.1 Å². The van der Waals surface area contributed by atoms with E-state index >= 15 is 0 Å². The smallest absolute Gasteiger partial charge is 0.238 e. The molecule has 9 heteroatoms. The van der Waals surface area contributed by atoms with Crippen molar-refractivity contribution in [1.29, 1.82) is 5.26 Å². The molecule has 0 heterocycles. The lowest BCUT2D eigenvalue weighted by atomic mass is 10.1. The first-order chi connectivity index (χ1) is 10.7. The Labute approximate surface area is 134 Å². The Kier molecular flexibility index (Phi) is 4.70. The van der Waals surface area contributed by atoms with E-state index in [4.69, 9.17) is 10.4 Å². The average Bonchev–Trinajstić information content (AvgIpc) is 2.46. The molecule has 0 aliphatic heterocycles. The highest BCUT2D eigenvalue weighted by Gasteiger charge is 2.15. The largest absolute Gasteiger partial charge is 0.283 e. The van der Waals surface area contributed by atoms with E-state index in [0.717, 1.165) is 0 Å². The summed E-state index contributed by atoms with van der Waals surface area (Å²) in [5.41, 5.74) is 0.859. The molecule has 2 rings (SSSR count). The molecule has 0 unspecified atom stereocenters. The van der Waals surface area contributed by atoms with Gasteiger partial charge in [0.1, 0.15) is 0 Å². The number of hydrogen-bond acceptors (Lipinski definition) is 5. The number of sulfonamides is 2. The third kappa shape index (κ3) is 4.53. The van der Waals surface area contributed by atoms with Gasteiger partial charge in [-0.3, -0.25) is 4.72 Å². The second-order valence-corrected chi connectivity index (χ2v) is 7.98. The Morgan fingerprint density at radius 2 is 1.61 bits per heavy atom. The summed E-state index contributed by atoms with van der Waals surface area (Å²) in [5, 5.41) is 13.9. The van der Waals surface area contributed by atoms with Crippen LogP contribution in [-0.4, -0.2) is 16.8 Å². The van der Waals surface area contributed by atoms with Crippen LogP contribution in [0.2, 0.25) is 0 Å². The molecule has 2 aromatic rings. The highest BCUT2D eigenvalue weighted by molar-refractivity contribution is 7.92. The molecule has 0 amide bonds. The van der Waals surface area contributed by atoms with E-state index in [1.54, 1.807) is 18.2 Å². The molecule has 0 spiro atoms. The number of primary sulfonamides is 1. The zero-order valence-electron chi connectivity index (χ0n) is 11.8. The third-order valence-corrected chi connectivity index (χ3v) is 5.11. The van der Waals surface area contributed by atoms with Crippen LogP contribution in [0.15, 0.2) is 53.4 Å². The topological polar surface area (TPSA) is 130 Å². The lowest BCUT2D eigenvalue weighted by molar-refractivity contribution is 0.597. The van der Waals surface area contributed by atoms with Crippen molar-refractivity contribution in [3.63, 3.8) is 0 Å². The number of rotatable bonds is 5. The third-order valence-electron chi connectivity index (χ3n) is 2.94. The van der Waals surface area contributed by atoms with Gasteiger partial charge in [0.15, 0.2) is 0 Å². The van der Waals surface area contributed by atoms with Gasteiger partial charge in [0.25, 0.3) is 0 Å². The van der Waals surface area contributed by atoms with E-state index in [1.165, 1.54) is 30.3 Å². The summed E-state index contributed by atoms with van der Waals surface area (Å²) >= 11 is 0.